The van der Waals surface area contributed by atoms with Crippen LogP contribution in [0.1, 0.15) is 30.0 Å². The molecule has 3 nitrogen and oxygen atoms in total. The maximum atomic E-state index is 5.54. The number of thiophene rings is 1. The average molecular weight is 264 g/mol. The number of hydrogen-bond donors (Lipinski definition) is 1. The molecule has 0 fully saturated rings. The normalized spacial score (nSPS) is 11.4. The van der Waals surface area contributed by atoms with Crippen LogP contribution >= 0.6 is 11.3 Å². The van der Waals surface area contributed by atoms with Gasteiger partial charge in [0.15, 0.2) is 12.2 Å². The van der Waals surface area contributed by atoms with Crippen molar-refractivity contribution in [2.24, 2.45) is 5.92 Å². The van der Waals surface area contributed by atoms with Crippen LogP contribution < -0.4 is 5.32 Å². The molecule has 18 heavy (non-hydrogen) atoms. The number of oxazole rings is 1. The van der Waals surface area contributed by atoms with Crippen molar-refractivity contribution >= 4 is 11.3 Å². The maximum absolute atomic E-state index is 5.54. The number of nitrogens with one attached hydrogen (secondary N) is 1. The van der Waals surface area contributed by atoms with Crippen LogP contribution in [0.2, 0.25) is 0 Å². The maximum Gasteiger partial charge on any atom is 0.181 e. The lowest BCUT2D eigenvalue weighted by Crippen LogP contribution is -2.19. The summed E-state index contributed by atoms with van der Waals surface area (Å²) in [6, 6.07) is 2.17. The summed E-state index contributed by atoms with van der Waals surface area (Å²) in [7, 11) is 0. The number of aromatic nitrogens is 1. The molecule has 1 N–H and O–H groups in total. The summed E-state index contributed by atoms with van der Waals surface area (Å²) in [6.07, 6.45) is 1.53. The Morgan fingerprint density at radius 2 is 2.17 bits per heavy atom. The van der Waals surface area contributed by atoms with Crippen molar-refractivity contribution in [3.8, 4) is 10.6 Å². The summed E-state index contributed by atoms with van der Waals surface area (Å²) in [4.78, 5) is 6.81. The van der Waals surface area contributed by atoms with Gasteiger partial charge in [-0.05, 0) is 37.9 Å². The predicted octanol–water partition coefficient (Wildman–Crippen LogP) is 3.77. The number of nitrogens with zero attached hydrogens (tertiary/aromatic N) is 1. The Morgan fingerprint density at radius 1 is 1.39 bits per heavy atom. The molecule has 0 spiro atoms. The van der Waals surface area contributed by atoms with Crippen LogP contribution in [0.5, 0.6) is 0 Å². The summed E-state index contributed by atoms with van der Waals surface area (Å²) in [5.74, 6) is 1.55. The van der Waals surface area contributed by atoms with Gasteiger partial charge in [-0.25, -0.2) is 4.98 Å². The van der Waals surface area contributed by atoms with Crippen LogP contribution in [0.3, 0.4) is 0 Å². The van der Waals surface area contributed by atoms with Crippen molar-refractivity contribution in [2.75, 3.05) is 6.54 Å². The Hall–Kier alpha value is -1.13. The van der Waals surface area contributed by atoms with Crippen molar-refractivity contribution in [2.45, 2.75) is 34.2 Å². The highest BCUT2D eigenvalue weighted by Gasteiger charge is 2.13. The first-order chi connectivity index (χ1) is 8.58. The standard InChI is InChI=1S/C14H20N2OS/c1-9(2)6-15-7-12-14(17-8-16-12)13-5-10(3)11(4)18-13/h5,8-9,15H,6-7H2,1-4H3. The van der Waals surface area contributed by atoms with Crippen LogP contribution in [0.4, 0.5) is 0 Å². The van der Waals surface area contributed by atoms with Gasteiger partial charge in [0.05, 0.1) is 4.88 Å². The van der Waals surface area contributed by atoms with E-state index in [2.05, 4.69) is 44.1 Å². The minimum atomic E-state index is 0.645. The summed E-state index contributed by atoms with van der Waals surface area (Å²) >= 11 is 1.76. The smallest absolute Gasteiger partial charge is 0.181 e. The van der Waals surface area contributed by atoms with Gasteiger partial charge in [-0.15, -0.1) is 11.3 Å². The second-order valence-corrected chi connectivity index (χ2v) is 6.26. The van der Waals surface area contributed by atoms with E-state index >= 15 is 0 Å². The molecule has 4 heteroatoms. The molecule has 0 atom stereocenters. The van der Waals surface area contributed by atoms with Crippen molar-refractivity contribution in [3.05, 3.63) is 28.6 Å². The van der Waals surface area contributed by atoms with E-state index in [-0.39, 0.29) is 0 Å². The lowest BCUT2D eigenvalue weighted by molar-refractivity contribution is 0.545. The largest absolute Gasteiger partial charge is 0.442 e. The van der Waals surface area contributed by atoms with E-state index in [1.807, 2.05) is 0 Å². The highest BCUT2D eigenvalue weighted by molar-refractivity contribution is 7.15. The molecule has 0 saturated heterocycles. The first-order valence-corrected chi connectivity index (χ1v) is 7.10. The third-order valence-electron chi connectivity index (χ3n) is 2.88. The lowest BCUT2D eigenvalue weighted by Gasteiger charge is -2.05. The first kappa shape index (κ1) is 13.3. The van der Waals surface area contributed by atoms with Gasteiger partial charge in [0, 0.05) is 11.4 Å². The van der Waals surface area contributed by atoms with Gasteiger partial charge in [0.1, 0.15) is 5.69 Å². The third kappa shape index (κ3) is 3.00. The fourth-order valence-corrected chi connectivity index (χ4v) is 2.80. The van der Waals surface area contributed by atoms with Crippen LogP contribution in [0, 0.1) is 19.8 Å². The summed E-state index contributed by atoms with van der Waals surface area (Å²) in [5, 5.41) is 3.40. The quantitative estimate of drug-likeness (QED) is 0.893. The fourth-order valence-electron chi connectivity index (χ4n) is 1.76. The van der Waals surface area contributed by atoms with Gasteiger partial charge >= 0.3 is 0 Å². The molecule has 0 aliphatic rings. The minimum Gasteiger partial charge on any atom is -0.442 e. The van der Waals surface area contributed by atoms with Crippen molar-refractivity contribution in [1.29, 1.82) is 0 Å². The predicted molar refractivity (Wildman–Crippen MR) is 75.8 cm³/mol. The van der Waals surface area contributed by atoms with E-state index in [0.29, 0.717) is 5.92 Å². The third-order valence-corrected chi connectivity index (χ3v) is 4.03. The highest BCUT2D eigenvalue weighted by Crippen LogP contribution is 2.32. The Morgan fingerprint density at radius 3 is 2.78 bits per heavy atom. The monoisotopic (exact) mass is 264 g/mol. The van der Waals surface area contributed by atoms with E-state index in [0.717, 1.165) is 24.5 Å². The molecule has 0 saturated carbocycles. The summed E-state index contributed by atoms with van der Waals surface area (Å²) < 4.78 is 5.54. The molecule has 0 radical (unpaired) electrons. The fraction of sp³-hybridized carbons (Fsp3) is 0.500. The summed E-state index contributed by atoms with van der Waals surface area (Å²) in [6.45, 7) is 10.4. The molecule has 0 amide bonds. The zero-order chi connectivity index (χ0) is 13.1. The topological polar surface area (TPSA) is 38.1 Å². The van der Waals surface area contributed by atoms with Gasteiger partial charge in [-0.1, -0.05) is 13.8 Å². The van der Waals surface area contributed by atoms with Crippen LogP contribution in [-0.2, 0) is 6.54 Å². The van der Waals surface area contributed by atoms with Gasteiger partial charge < -0.3 is 9.73 Å². The second-order valence-electron chi connectivity index (χ2n) is 5.00. The minimum absolute atomic E-state index is 0.645. The molecule has 2 aromatic heterocycles. The first-order valence-electron chi connectivity index (χ1n) is 6.28. The Bertz CT molecular complexity index is 494. The molecule has 2 aromatic rings. The molecule has 0 unspecified atom stereocenters. The highest BCUT2D eigenvalue weighted by atomic mass is 32.1. The SMILES string of the molecule is Cc1cc(-c2ocnc2CNCC(C)C)sc1C. The Balaban J connectivity index is 2.12. The van der Waals surface area contributed by atoms with Gasteiger partial charge in [0.25, 0.3) is 0 Å². The zero-order valence-corrected chi connectivity index (χ0v) is 12.2. The molecule has 0 bridgehead atoms. The molecular formula is C14H20N2OS. The van der Waals surface area contributed by atoms with E-state index in [1.54, 1.807) is 11.3 Å². The molecule has 2 heterocycles. The molecule has 0 aliphatic heterocycles. The average Bonchev–Trinajstić information content (AvgIpc) is 2.86. The lowest BCUT2D eigenvalue weighted by atomic mass is 10.2. The molecule has 0 aromatic carbocycles. The van der Waals surface area contributed by atoms with Gasteiger partial charge in [0.2, 0.25) is 0 Å². The van der Waals surface area contributed by atoms with Crippen LogP contribution in [-0.4, -0.2) is 11.5 Å². The van der Waals surface area contributed by atoms with Gasteiger partial charge in [-0.3, -0.25) is 0 Å². The van der Waals surface area contributed by atoms with E-state index in [1.165, 1.54) is 21.7 Å². The number of hydrogen-bond acceptors (Lipinski definition) is 4. The molecule has 98 valence electrons. The Labute approximate surface area is 112 Å². The Kier molecular flexibility index (Phi) is 4.19. The van der Waals surface area contributed by atoms with Crippen molar-refractivity contribution in [3.63, 3.8) is 0 Å². The van der Waals surface area contributed by atoms with Crippen LogP contribution in [0.15, 0.2) is 16.9 Å². The van der Waals surface area contributed by atoms with E-state index in [9.17, 15) is 0 Å². The molecular weight excluding hydrogens is 244 g/mol. The molecule has 2 rings (SSSR count). The number of rotatable bonds is 5. The molecule has 0 aliphatic carbocycles. The second kappa shape index (κ2) is 5.67. The zero-order valence-electron chi connectivity index (χ0n) is 11.4. The summed E-state index contributed by atoms with van der Waals surface area (Å²) in [5.41, 5.74) is 2.31. The van der Waals surface area contributed by atoms with E-state index in [4.69, 9.17) is 4.42 Å². The van der Waals surface area contributed by atoms with Crippen molar-refractivity contribution in [1.82, 2.24) is 10.3 Å². The van der Waals surface area contributed by atoms with Gasteiger partial charge in [-0.2, -0.15) is 0 Å². The van der Waals surface area contributed by atoms with Crippen molar-refractivity contribution < 1.29 is 4.42 Å². The van der Waals surface area contributed by atoms with Crippen LogP contribution in [0.25, 0.3) is 10.6 Å². The number of aryl methyl sites for hydroxylation is 2. The van der Waals surface area contributed by atoms with E-state index < -0.39 is 0 Å².